The first kappa shape index (κ1) is 10.9. The minimum atomic E-state index is 0.0530. The highest BCUT2D eigenvalue weighted by atomic mass is 16.2. The first-order valence-electron chi connectivity index (χ1n) is 5.60. The molecule has 0 radical (unpaired) electrons. The number of carbonyl (C=O) groups is 1. The maximum Gasteiger partial charge on any atom is 0.245 e. The molecule has 3 nitrogen and oxygen atoms in total. The molecule has 84 valence electrons. The highest BCUT2D eigenvalue weighted by molar-refractivity contribution is 5.87. The molecule has 0 saturated carbocycles. The number of amides is 1. The van der Waals surface area contributed by atoms with Crippen LogP contribution in [0.25, 0.3) is 0 Å². The molecule has 1 aromatic rings. The first-order chi connectivity index (χ1) is 7.79. The summed E-state index contributed by atoms with van der Waals surface area (Å²) in [6, 6.07) is 4.08. The first-order valence-corrected chi connectivity index (χ1v) is 5.60. The van der Waals surface area contributed by atoms with Gasteiger partial charge >= 0.3 is 0 Å². The Kier molecular flexibility index (Phi) is 3.34. The summed E-state index contributed by atoms with van der Waals surface area (Å²) in [4.78, 5) is 17.3. The second-order valence-electron chi connectivity index (χ2n) is 4.20. The Balaban J connectivity index is 1.90. The molecule has 3 heteroatoms. The van der Waals surface area contributed by atoms with Gasteiger partial charge in [0.1, 0.15) is 0 Å². The van der Waals surface area contributed by atoms with Gasteiger partial charge in [-0.1, -0.05) is 6.58 Å². The van der Waals surface area contributed by atoms with Gasteiger partial charge in [0.15, 0.2) is 0 Å². The smallest absolute Gasteiger partial charge is 0.245 e. The molecule has 2 heterocycles. The molecule has 1 fully saturated rings. The van der Waals surface area contributed by atoms with E-state index in [-0.39, 0.29) is 5.91 Å². The van der Waals surface area contributed by atoms with Gasteiger partial charge in [-0.25, -0.2) is 0 Å². The minimum Gasteiger partial charge on any atom is -0.339 e. The highest BCUT2D eigenvalue weighted by Crippen LogP contribution is 2.20. The van der Waals surface area contributed by atoms with Gasteiger partial charge in [-0.05, 0) is 42.5 Å². The molecule has 0 bridgehead atoms. The Labute approximate surface area is 95.8 Å². The van der Waals surface area contributed by atoms with E-state index in [1.807, 2.05) is 29.4 Å². The largest absolute Gasteiger partial charge is 0.339 e. The molecular formula is C13H16N2O. The minimum absolute atomic E-state index is 0.0530. The van der Waals surface area contributed by atoms with Crippen LogP contribution in [0, 0.1) is 5.92 Å². The van der Waals surface area contributed by atoms with Crippen molar-refractivity contribution in [1.29, 1.82) is 0 Å². The molecule has 1 unspecified atom stereocenters. The van der Waals surface area contributed by atoms with Crippen molar-refractivity contribution in [2.45, 2.75) is 12.8 Å². The van der Waals surface area contributed by atoms with Crippen LogP contribution in [0.1, 0.15) is 12.0 Å². The summed E-state index contributed by atoms with van der Waals surface area (Å²) in [5, 5.41) is 0. The molecule has 16 heavy (non-hydrogen) atoms. The highest BCUT2D eigenvalue weighted by Gasteiger charge is 2.24. The molecule has 1 saturated heterocycles. The lowest BCUT2D eigenvalue weighted by Gasteiger charge is -2.14. The third kappa shape index (κ3) is 2.48. The van der Waals surface area contributed by atoms with E-state index in [2.05, 4.69) is 11.6 Å². The summed E-state index contributed by atoms with van der Waals surface area (Å²) in [6.45, 7) is 5.23. The Hall–Kier alpha value is -1.64. The quantitative estimate of drug-likeness (QED) is 0.720. The lowest BCUT2D eigenvalue weighted by atomic mass is 10.00. The van der Waals surface area contributed by atoms with Crippen LogP contribution in [0.2, 0.25) is 0 Å². The molecule has 1 atom stereocenters. The summed E-state index contributed by atoms with van der Waals surface area (Å²) >= 11 is 0. The van der Waals surface area contributed by atoms with Crippen LogP contribution in [0.3, 0.4) is 0 Å². The maximum atomic E-state index is 11.4. The van der Waals surface area contributed by atoms with Gasteiger partial charge in [-0.3, -0.25) is 9.78 Å². The molecule has 2 rings (SSSR count). The van der Waals surface area contributed by atoms with Crippen LogP contribution in [-0.2, 0) is 11.2 Å². The third-order valence-corrected chi connectivity index (χ3v) is 3.05. The number of hydrogen-bond donors (Lipinski definition) is 0. The van der Waals surface area contributed by atoms with E-state index in [0.29, 0.717) is 5.92 Å². The predicted octanol–water partition coefficient (Wildman–Crippen LogP) is 1.66. The van der Waals surface area contributed by atoms with Crippen molar-refractivity contribution < 1.29 is 4.79 Å². The zero-order chi connectivity index (χ0) is 11.4. The van der Waals surface area contributed by atoms with E-state index in [0.717, 1.165) is 25.9 Å². The fraction of sp³-hybridized carbons (Fsp3) is 0.385. The molecule has 0 aliphatic carbocycles. The average molecular weight is 216 g/mol. The van der Waals surface area contributed by atoms with Gasteiger partial charge in [-0.2, -0.15) is 0 Å². The second-order valence-corrected chi connectivity index (χ2v) is 4.20. The van der Waals surface area contributed by atoms with Crippen LogP contribution >= 0.6 is 0 Å². The van der Waals surface area contributed by atoms with Gasteiger partial charge in [0.05, 0.1) is 0 Å². The van der Waals surface area contributed by atoms with Crippen LogP contribution in [0.5, 0.6) is 0 Å². The fourth-order valence-electron chi connectivity index (χ4n) is 2.18. The van der Waals surface area contributed by atoms with E-state index < -0.39 is 0 Å². The van der Waals surface area contributed by atoms with Crippen molar-refractivity contribution in [3.8, 4) is 0 Å². The SMILES string of the molecule is C=CC(=O)N1CCC(Cc2ccncc2)C1. The maximum absolute atomic E-state index is 11.4. The zero-order valence-electron chi connectivity index (χ0n) is 9.30. The fourth-order valence-corrected chi connectivity index (χ4v) is 2.18. The lowest BCUT2D eigenvalue weighted by Crippen LogP contribution is -2.26. The Morgan fingerprint density at radius 2 is 2.31 bits per heavy atom. The Morgan fingerprint density at radius 3 is 3.00 bits per heavy atom. The average Bonchev–Trinajstić information content (AvgIpc) is 2.78. The standard InChI is InChI=1S/C13H16N2O/c1-2-13(16)15-8-5-12(10-15)9-11-3-6-14-7-4-11/h2-4,6-7,12H,1,5,8-10H2. The van der Waals surface area contributed by atoms with Crippen LogP contribution in [0.15, 0.2) is 37.2 Å². The number of aromatic nitrogens is 1. The van der Waals surface area contributed by atoms with Crippen molar-refractivity contribution in [2.75, 3.05) is 13.1 Å². The van der Waals surface area contributed by atoms with E-state index in [1.165, 1.54) is 11.6 Å². The van der Waals surface area contributed by atoms with Gasteiger partial charge in [0, 0.05) is 25.5 Å². The van der Waals surface area contributed by atoms with E-state index in [4.69, 9.17) is 0 Å². The van der Waals surface area contributed by atoms with Gasteiger partial charge in [-0.15, -0.1) is 0 Å². The van der Waals surface area contributed by atoms with E-state index in [9.17, 15) is 4.79 Å². The van der Waals surface area contributed by atoms with Gasteiger partial charge in [0.25, 0.3) is 0 Å². The van der Waals surface area contributed by atoms with Crippen molar-refractivity contribution in [3.05, 3.63) is 42.7 Å². The van der Waals surface area contributed by atoms with E-state index >= 15 is 0 Å². The molecule has 1 aliphatic heterocycles. The summed E-state index contributed by atoms with van der Waals surface area (Å²) < 4.78 is 0. The van der Waals surface area contributed by atoms with E-state index in [1.54, 1.807) is 0 Å². The summed E-state index contributed by atoms with van der Waals surface area (Å²) in [7, 11) is 0. The van der Waals surface area contributed by atoms with Crippen molar-refractivity contribution in [2.24, 2.45) is 5.92 Å². The third-order valence-electron chi connectivity index (χ3n) is 3.05. The summed E-state index contributed by atoms with van der Waals surface area (Å²) in [5.41, 5.74) is 1.30. The molecule has 1 amide bonds. The molecule has 0 aromatic carbocycles. The number of nitrogens with zero attached hydrogens (tertiary/aromatic N) is 2. The number of pyridine rings is 1. The van der Waals surface area contributed by atoms with Crippen molar-refractivity contribution in [1.82, 2.24) is 9.88 Å². The normalized spacial score (nSPS) is 19.8. The molecule has 1 aliphatic rings. The number of likely N-dealkylation sites (tertiary alicyclic amines) is 1. The number of hydrogen-bond acceptors (Lipinski definition) is 2. The monoisotopic (exact) mass is 216 g/mol. The predicted molar refractivity (Wildman–Crippen MR) is 62.8 cm³/mol. The van der Waals surface area contributed by atoms with Gasteiger partial charge < -0.3 is 4.90 Å². The zero-order valence-corrected chi connectivity index (χ0v) is 9.30. The van der Waals surface area contributed by atoms with Crippen LogP contribution < -0.4 is 0 Å². The van der Waals surface area contributed by atoms with Crippen molar-refractivity contribution >= 4 is 5.91 Å². The summed E-state index contributed by atoms with van der Waals surface area (Å²) in [6.07, 6.45) is 7.15. The molecular weight excluding hydrogens is 200 g/mol. The molecule has 0 N–H and O–H groups in total. The summed E-state index contributed by atoms with van der Waals surface area (Å²) in [5.74, 6) is 0.628. The van der Waals surface area contributed by atoms with Crippen LogP contribution in [-0.4, -0.2) is 28.9 Å². The topological polar surface area (TPSA) is 33.2 Å². The molecule has 1 aromatic heterocycles. The Morgan fingerprint density at radius 1 is 1.56 bits per heavy atom. The Bertz CT molecular complexity index is 375. The number of rotatable bonds is 3. The number of carbonyl (C=O) groups excluding carboxylic acids is 1. The molecule has 0 spiro atoms. The van der Waals surface area contributed by atoms with Crippen molar-refractivity contribution in [3.63, 3.8) is 0 Å². The van der Waals surface area contributed by atoms with Crippen LogP contribution in [0.4, 0.5) is 0 Å². The second kappa shape index (κ2) is 4.92. The lowest BCUT2D eigenvalue weighted by molar-refractivity contribution is -0.125. The van der Waals surface area contributed by atoms with Gasteiger partial charge in [0.2, 0.25) is 5.91 Å².